The second-order valence-corrected chi connectivity index (χ2v) is 6.66. The first-order valence-electron chi connectivity index (χ1n) is 6.11. The van der Waals surface area contributed by atoms with Crippen molar-refractivity contribution in [1.82, 2.24) is 4.72 Å². The molecule has 0 saturated heterocycles. The van der Waals surface area contributed by atoms with Gasteiger partial charge in [-0.25, -0.2) is 13.1 Å². The van der Waals surface area contributed by atoms with Gasteiger partial charge in [0.05, 0.1) is 10.6 Å². The summed E-state index contributed by atoms with van der Waals surface area (Å²) in [6, 6.07) is 3.46. The average Bonchev–Trinajstić information content (AvgIpc) is 2.35. The second kappa shape index (κ2) is 5.35. The normalized spacial score (nSPS) is 22.1. The highest BCUT2D eigenvalue weighted by atomic mass is 32.2. The average molecular weight is 300 g/mol. The predicted molar refractivity (Wildman–Crippen MR) is 73.4 cm³/mol. The van der Waals surface area contributed by atoms with Gasteiger partial charge >= 0.3 is 0 Å². The summed E-state index contributed by atoms with van der Waals surface area (Å²) < 4.78 is 27.0. The molecule has 0 heterocycles. The summed E-state index contributed by atoms with van der Waals surface area (Å²) in [4.78, 5) is 9.85. The van der Waals surface area contributed by atoms with E-state index in [0.29, 0.717) is 5.92 Å². The molecule has 4 N–H and O–H groups in total. The molecule has 1 saturated carbocycles. The third-order valence-corrected chi connectivity index (χ3v) is 4.86. The molecule has 1 aliphatic carbocycles. The van der Waals surface area contributed by atoms with Crippen molar-refractivity contribution in [2.24, 2.45) is 11.8 Å². The summed E-state index contributed by atoms with van der Waals surface area (Å²) in [6.07, 6.45) is 1.48. The van der Waals surface area contributed by atoms with E-state index in [1.165, 1.54) is 6.07 Å². The molecule has 0 spiro atoms. The smallest absolute Gasteiger partial charge is 0.289 e. The molecule has 0 radical (unpaired) electrons. The molecule has 1 aromatic carbocycles. The van der Waals surface area contributed by atoms with Crippen molar-refractivity contribution in [3.8, 4) is 0 Å². The molecule has 0 atom stereocenters. The minimum atomic E-state index is -3.94. The van der Waals surface area contributed by atoms with Gasteiger partial charge in [-0.05, 0) is 30.9 Å². The van der Waals surface area contributed by atoms with E-state index in [4.69, 9.17) is 5.84 Å². The van der Waals surface area contributed by atoms with Crippen molar-refractivity contribution in [2.75, 3.05) is 5.43 Å². The maximum atomic E-state index is 12.3. The van der Waals surface area contributed by atoms with Gasteiger partial charge in [-0.2, -0.15) is 0 Å². The number of hydrogen-bond donors (Lipinski definition) is 3. The van der Waals surface area contributed by atoms with Crippen LogP contribution in [0.1, 0.15) is 19.8 Å². The lowest BCUT2D eigenvalue weighted by atomic mass is 9.83. The lowest BCUT2D eigenvalue weighted by Crippen LogP contribution is -2.43. The number of rotatable bonds is 5. The molecule has 0 aliphatic heterocycles. The van der Waals surface area contributed by atoms with E-state index in [-0.39, 0.29) is 16.6 Å². The Balaban J connectivity index is 2.35. The Morgan fingerprint density at radius 1 is 1.40 bits per heavy atom. The fourth-order valence-electron chi connectivity index (χ4n) is 2.25. The lowest BCUT2D eigenvalue weighted by molar-refractivity contribution is -0.387. The highest BCUT2D eigenvalue weighted by molar-refractivity contribution is 7.89. The molecule has 8 nitrogen and oxygen atoms in total. The van der Waals surface area contributed by atoms with Crippen LogP contribution in [-0.4, -0.2) is 19.4 Å². The highest BCUT2D eigenvalue weighted by Gasteiger charge is 2.33. The molecule has 1 aromatic rings. The van der Waals surface area contributed by atoms with Crippen molar-refractivity contribution in [3.63, 3.8) is 0 Å². The molecular weight excluding hydrogens is 284 g/mol. The fraction of sp³-hybridized carbons (Fsp3) is 0.455. The Hall–Kier alpha value is -1.71. The molecule has 1 fully saturated rings. The van der Waals surface area contributed by atoms with Gasteiger partial charge in [0.2, 0.25) is 10.0 Å². The SMILES string of the molecule is CC1CC(NS(=O)(=O)c2cc(NN)ccc2[N+](=O)[O-])C1. The van der Waals surface area contributed by atoms with Crippen LogP contribution in [0.15, 0.2) is 23.1 Å². The molecule has 2 rings (SSSR count). The van der Waals surface area contributed by atoms with Crippen LogP contribution in [-0.2, 0) is 10.0 Å². The van der Waals surface area contributed by atoms with E-state index in [1.807, 2.05) is 6.92 Å². The number of anilines is 1. The number of nitro groups is 1. The Labute approximate surface area is 116 Å². The zero-order valence-corrected chi connectivity index (χ0v) is 11.7. The number of sulfonamides is 1. The number of nitrogens with two attached hydrogens (primary N) is 1. The molecular formula is C11H16N4O4S. The summed E-state index contributed by atoms with van der Waals surface area (Å²) in [5, 5.41) is 11.0. The van der Waals surface area contributed by atoms with E-state index >= 15 is 0 Å². The van der Waals surface area contributed by atoms with Gasteiger partial charge in [-0.15, -0.1) is 0 Å². The summed E-state index contributed by atoms with van der Waals surface area (Å²) in [5.74, 6) is 5.68. The Bertz CT molecular complexity index is 625. The van der Waals surface area contributed by atoms with Crippen molar-refractivity contribution in [1.29, 1.82) is 0 Å². The zero-order valence-electron chi connectivity index (χ0n) is 10.9. The third-order valence-electron chi connectivity index (χ3n) is 3.31. The molecule has 9 heteroatoms. The first-order valence-corrected chi connectivity index (χ1v) is 7.59. The number of hydrogen-bond acceptors (Lipinski definition) is 6. The van der Waals surface area contributed by atoms with E-state index in [0.717, 1.165) is 25.0 Å². The predicted octanol–water partition coefficient (Wildman–Crippen LogP) is 0.957. The van der Waals surface area contributed by atoms with Crippen molar-refractivity contribution in [2.45, 2.75) is 30.7 Å². The zero-order chi connectivity index (χ0) is 14.9. The van der Waals surface area contributed by atoms with Gasteiger partial charge in [-0.1, -0.05) is 6.92 Å². The van der Waals surface area contributed by atoms with Crippen LogP contribution >= 0.6 is 0 Å². The third kappa shape index (κ3) is 2.89. The van der Waals surface area contributed by atoms with Crippen LogP contribution in [0.4, 0.5) is 11.4 Å². The van der Waals surface area contributed by atoms with Gasteiger partial charge < -0.3 is 5.43 Å². The minimum absolute atomic E-state index is 0.163. The van der Waals surface area contributed by atoms with Crippen LogP contribution in [0.2, 0.25) is 0 Å². The van der Waals surface area contributed by atoms with Crippen LogP contribution in [0.5, 0.6) is 0 Å². The minimum Gasteiger partial charge on any atom is -0.324 e. The van der Waals surface area contributed by atoms with Gasteiger partial charge in [0.25, 0.3) is 5.69 Å². The van der Waals surface area contributed by atoms with Crippen LogP contribution < -0.4 is 16.0 Å². The Kier molecular flexibility index (Phi) is 3.93. The number of benzene rings is 1. The lowest BCUT2D eigenvalue weighted by Gasteiger charge is -2.32. The van der Waals surface area contributed by atoms with Crippen molar-refractivity contribution < 1.29 is 13.3 Å². The summed E-state index contributed by atoms with van der Waals surface area (Å²) in [7, 11) is -3.94. The number of hydrazine groups is 1. The van der Waals surface area contributed by atoms with Crippen LogP contribution in [0.3, 0.4) is 0 Å². The van der Waals surface area contributed by atoms with Gasteiger partial charge in [0.1, 0.15) is 0 Å². The van der Waals surface area contributed by atoms with Crippen LogP contribution in [0.25, 0.3) is 0 Å². The highest BCUT2D eigenvalue weighted by Crippen LogP contribution is 2.31. The second-order valence-electron chi connectivity index (χ2n) is 4.98. The molecule has 0 aromatic heterocycles. The maximum absolute atomic E-state index is 12.3. The first kappa shape index (κ1) is 14.7. The number of nitrogens with zero attached hydrogens (tertiary/aromatic N) is 1. The Morgan fingerprint density at radius 2 is 2.05 bits per heavy atom. The van der Waals surface area contributed by atoms with Gasteiger partial charge in [0.15, 0.2) is 4.90 Å². The number of nitrogens with one attached hydrogen (secondary N) is 2. The van der Waals surface area contributed by atoms with E-state index in [2.05, 4.69) is 10.1 Å². The molecule has 20 heavy (non-hydrogen) atoms. The molecule has 1 aliphatic rings. The molecule has 0 bridgehead atoms. The maximum Gasteiger partial charge on any atom is 0.289 e. The van der Waals surface area contributed by atoms with E-state index in [9.17, 15) is 18.5 Å². The van der Waals surface area contributed by atoms with E-state index < -0.39 is 20.6 Å². The molecule has 110 valence electrons. The Morgan fingerprint density at radius 3 is 2.55 bits per heavy atom. The molecule has 0 amide bonds. The van der Waals surface area contributed by atoms with Crippen molar-refractivity contribution >= 4 is 21.4 Å². The topological polar surface area (TPSA) is 127 Å². The van der Waals surface area contributed by atoms with E-state index in [1.54, 1.807) is 0 Å². The first-order chi connectivity index (χ1) is 9.33. The van der Waals surface area contributed by atoms with Gasteiger partial charge in [-0.3, -0.25) is 16.0 Å². The van der Waals surface area contributed by atoms with Crippen LogP contribution in [0, 0.1) is 16.0 Å². The summed E-state index contributed by atoms with van der Waals surface area (Å²) in [5.41, 5.74) is 2.10. The fourth-order valence-corrected chi connectivity index (χ4v) is 3.71. The monoisotopic (exact) mass is 300 g/mol. The van der Waals surface area contributed by atoms with Gasteiger partial charge in [0, 0.05) is 12.1 Å². The quantitative estimate of drug-likeness (QED) is 0.422. The summed E-state index contributed by atoms with van der Waals surface area (Å²) in [6.45, 7) is 2.02. The molecule has 0 unspecified atom stereocenters. The number of nitrogen functional groups attached to an aromatic ring is 1. The standard InChI is InChI=1S/C11H16N4O4S/c1-7-4-9(5-7)14-20(18,19)11-6-8(13-12)2-3-10(11)15(16)17/h2-3,6-7,9,13-14H,4-5,12H2,1H3. The summed E-state index contributed by atoms with van der Waals surface area (Å²) >= 11 is 0. The largest absolute Gasteiger partial charge is 0.324 e. The number of nitro benzene ring substituents is 1. The van der Waals surface area contributed by atoms with Crippen molar-refractivity contribution in [3.05, 3.63) is 28.3 Å².